The summed E-state index contributed by atoms with van der Waals surface area (Å²) in [6.07, 6.45) is 6.42. The van der Waals surface area contributed by atoms with Crippen LogP contribution in [0.25, 0.3) is 11.2 Å². The highest BCUT2D eigenvalue weighted by Gasteiger charge is 2.19. The minimum atomic E-state index is 0.0160. The second-order valence-corrected chi connectivity index (χ2v) is 4.17. The third-order valence-electron chi connectivity index (χ3n) is 2.79. The van der Waals surface area contributed by atoms with Crippen LogP contribution >= 0.6 is 11.6 Å². The van der Waals surface area contributed by atoms with Gasteiger partial charge in [0, 0.05) is 6.61 Å². The van der Waals surface area contributed by atoms with Gasteiger partial charge in [0.2, 0.25) is 0 Å². The van der Waals surface area contributed by atoms with Gasteiger partial charge in [0.15, 0.2) is 10.8 Å². The summed E-state index contributed by atoms with van der Waals surface area (Å²) in [4.78, 5) is 12.2. The van der Waals surface area contributed by atoms with E-state index in [1.165, 1.54) is 6.33 Å². The minimum Gasteiger partial charge on any atom is -0.358 e. The molecule has 16 heavy (non-hydrogen) atoms. The molecule has 3 heterocycles. The Hall–Kier alpha value is -1.20. The largest absolute Gasteiger partial charge is 0.358 e. The Morgan fingerprint density at radius 3 is 3.06 bits per heavy atom. The van der Waals surface area contributed by atoms with Crippen molar-refractivity contribution < 1.29 is 4.74 Å². The number of fused-ring (bicyclic) bond motifs is 1. The van der Waals surface area contributed by atoms with Crippen LogP contribution in [0.2, 0.25) is 5.15 Å². The Labute approximate surface area is 97.4 Å². The van der Waals surface area contributed by atoms with Crippen LogP contribution in [0.4, 0.5) is 0 Å². The van der Waals surface area contributed by atoms with Crippen LogP contribution in [0.3, 0.4) is 0 Å². The standard InChI is InChI=1S/C10H11ClN4O/c11-9-8-10(13-5-12-9)14-6-15(8)7-3-1-2-4-16-7/h5-7H,1-4H2. The highest BCUT2D eigenvalue weighted by Crippen LogP contribution is 2.28. The number of ether oxygens (including phenoxy) is 1. The van der Waals surface area contributed by atoms with Crippen LogP contribution in [0.5, 0.6) is 0 Å². The van der Waals surface area contributed by atoms with E-state index in [1.54, 1.807) is 6.33 Å². The molecule has 1 aliphatic heterocycles. The molecule has 3 rings (SSSR count). The molecule has 2 aromatic rings. The zero-order valence-electron chi connectivity index (χ0n) is 8.64. The summed E-state index contributed by atoms with van der Waals surface area (Å²) in [5.74, 6) is 0. The van der Waals surface area contributed by atoms with Crippen molar-refractivity contribution in [1.82, 2.24) is 19.5 Å². The summed E-state index contributed by atoms with van der Waals surface area (Å²) >= 11 is 6.06. The molecule has 6 heteroatoms. The number of hydrogen-bond acceptors (Lipinski definition) is 4. The number of aromatic nitrogens is 4. The maximum absolute atomic E-state index is 6.06. The van der Waals surface area contributed by atoms with Crippen LogP contribution in [-0.4, -0.2) is 26.1 Å². The van der Waals surface area contributed by atoms with Crippen molar-refractivity contribution in [2.45, 2.75) is 25.5 Å². The predicted molar refractivity (Wildman–Crippen MR) is 59.2 cm³/mol. The second kappa shape index (κ2) is 3.99. The molecule has 0 bridgehead atoms. The van der Waals surface area contributed by atoms with E-state index < -0.39 is 0 Å². The van der Waals surface area contributed by atoms with E-state index in [-0.39, 0.29) is 6.23 Å². The first-order valence-corrected chi connectivity index (χ1v) is 5.68. The lowest BCUT2D eigenvalue weighted by Crippen LogP contribution is -2.17. The second-order valence-electron chi connectivity index (χ2n) is 3.81. The number of nitrogens with zero attached hydrogens (tertiary/aromatic N) is 4. The van der Waals surface area contributed by atoms with E-state index in [4.69, 9.17) is 16.3 Å². The monoisotopic (exact) mass is 238 g/mol. The summed E-state index contributed by atoms with van der Waals surface area (Å²) in [5, 5.41) is 0.427. The minimum absolute atomic E-state index is 0.0160. The van der Waals surface area contributed by atoms with Crippen LogP contribution in [0.1, 0.15) is 25.5 Å². The fourth-order valence-corrected chi connectivity index (χ4v) is 2.23. The van der Waals surface area contributed by atoms with Gasteiger partial charge in [0.25, 0.3) is 0 Å². The van der Waals surface area contributed by atoms with Crippen molar-refractivity contribution in [3.8, 4) is 0 Å². The molecule has 0 amide bonds. The van der Waals surface area contributed by atoms with Gasteiger partial charge in [0.05, 0.1) is 6.33 Å². The average molecular weight is 239 g/mol. The fraction of sp³-hybridized carbons (Fsp3) is 0.500. The summed E-state index contributed by atoms with van der Waals surface area (Å²) < 4.78 is 7.62. The van der Waals surface area contributed by atoms with Crippen molar-refractivity contribution in [3.05, 3.63) is 17.8 Å². The topological polar surface area (TPSA) is 52.8 Å². The normalized spacial score (nSPS) is 21.4. The summed E-state index contributed by atoms with van der Waals surface area (Å²) in [7, 11) is 0. The molecule has 1 aliphatic rings. The van der Waals surface area contributed by atoms with E-state index in [0.717, 1.165) is 31.4 Å². The van der Waals surface area contributed by atoms with Gasteiger partial charge in [-0.2, -0.15) is 0 Å². The molecule has 2 aromatic heterocycles. The van der Waals surface area contributed by atoms with Crippen LogP contribution in [0, 0.1) is 0 Å². The van der Waals surface area contributed by atoms with Gasteiger partial charge in [0.1, 0.15) is 18.1 Å². The van der Waals surface area contributed by atoms with Crippen molar-refractivity contribution in [3.63, 3.8) is 0 Å². The lowest BCUT2D eigenvalue weighted by atomic mass is 10.2. The van der Waals surface area contributed by atoms with Crippen molar-refractivity contribution in [2.24, 2.45) is 0 Å². The molecule has 1 fully saturated rings. The molecule has 0 aliphatic carbocycles. The molecule has 0 spiro atoms. The molecule has 1 atom stereocenters. The maximum atomic E-state index is 6.06. The zero-order valence-corrected chi connectivity index (χ0v) is 9.39. The summed E-state index contributed by atoms with van der Waals surface area (Å²) in [6, 6.07) is 0. The first kappa shape index (κ1) is 9.99. The third kappa shape index (κ3) is 1.56. The molecule has 1 saturated heterocycles. The van der Waals surface area contributed by atoms with E-state index in [9.17, 15) is 0 Å². The molecule has 5 nitrogen and oxygen atoms in total. The molecule has 0 saturated carbocycles. The van der Waals surface area contributed by atoms with Gasteiger partial charge in [-0.25, -0.2) is 15.0 Å². The van der Waals surface area contributed by atoms with Gasteiger partial charge in [-0.05, 0) is 19.3 Å². The Morgan fingerprint density at radius 2 is 2.25 bits per heavy atom. The van der Waals surface area contributed by atoms with Gasteiger partial charge in [-0.1, -0.05) is 11.6 Å². The predicted octanol–water partition coefficient (Wildman–Crippen LogP) is 2.18. The third-order valence-corrected chi connectivity index (χ3v) is 3.06. The summed E-state index contributed by atoms with van der Waals surface area (Å²) in [6.45, 7) is 0.787. The fourth-order valence-electron chi connectivity index (χ4n) is 2.00. The zero-order chi connectivity index (χ0) is 11.0. The summed E-state index contributed by atoms with van der Waals surface area (Å²) in [5.41, 5.74) is 1.38. The first-order valence-electron chi connectivity index (χ1n) is 5.31. The molecule has 0 radical (unpaired) electrons. The van der Waals surface area contributed by atoms with Gasteiger partial charge in [-0.3, -0.25) is 4.57 Å². The molecule has 0 N–H and O–H groups in total. The smallest absolute Gasteiger partial charge is 0.182 e. The lowest BCUT2D eigenvalue weighted by Gasteiger charge is -2.24. The van der Waals surface area contributed by atoms with E-state index >= 15 is 0 Å². The van der Waals surface area contributed by atoms with Crippen LogP contribution < -0.4 is 0 Å². The van der Waals surface area contributed by atoms with E-state index in [1.807, 2.05) is 4.57 Å². The van der Waals surface area contributed by atoms with Gasteiger partial charge < -0.3 is 4.74 Å². The Balaban J connectivity index is 2.09. The Bertz CT molecular complexity index is 506. The van der Waals surface area contributed by atoms with Crippen molar-refractivity contribution >= 4 is 22.8 Å². The SMILES string of the molecule is Clc1ncnc2ncn(C3CCCCO3)c12. The first-order chi connectivity index (χ1) is 7.86. The highest BCUT2D eigenvalue weighted by atomic mass is 35.5. The molecule has 0 aromatic carbocycles. The van der Waals surface area contributed by atoms with Crippen molar-refractivity contribution in [2.75, 3.05) is 6.61 Å². The van der Waals surface area contributed by atoms with Crippen LogP contribution in [-0.2, 0) is 4.74 Å². The molecular weight excluding hydrogens is 228 g/mol. The van der Waals surface area contributed by atoms with E-state index in [2.05, 4.69) is 15.0 Å². The number of halogens is 1. The Morgan fingerprint density at radius 1 is 1.31 bits per heavy atom. The van der Waals surface area contributed by atoms with Crippen LogP contribution in [0.15, 0.2) is 12.7 Å². The lowest BCUT2D eigenvalue weighted by molar-refractivity contribution is -0.0295. The number of imidazole rings is 1. The molecular formula is C10H11ClN4O. The number of rotatable bonds is 1. The molecule has 84 valence electrons. The highest BCUT2D eigenvalue weighted by molar-refractivity contribution is 6.33. The maximum Gasteiger partial charge on any atom is 0.182 e. The van der Waals surface area contributed by atoms with Gasteiger partial charge >= 0.3 is 0 Å². The molecule has 1 unspecified atom stereocenters. The van der Waals surface area contributed by atoms with Crippen molar-refractivity contribution in [1.29, 1.82) is 0 Å². The Kier molecular flexibility index (Phi) is 2.49. The quantitative estimate of drug-likeness (QED) is 0.715. The average Bonchev–Trinajstić information content (AvgIpc) is 2.75. The van der Waals surface area contributed by atoms with Gasteiger partial charge in [-0.15, -0.1) is 0 Å². The number of hydrogen-bond donors (Lipinski definition) is 0. The van der Waals surface area contributed by atoms with E-state index in [0.29, 0.717) is 10.8 Å².